The summed E-state index contributed by atoms with van der Waals surface area (Å²) in [6.45, 7) is 0.854. The van der Waals surface area contributed by atoms with E-state index < -0.39 is 4.92 Å². The molecule has 0 atom stereocenters. The molecule has 0 fully saturated rings. The molecule has 15 heavy (non-hydrogen) atoms. The van der Waals surface area contributed by atoms with Gasteiger partial charge < -0.3 is 0 Å². The molecule has 1 aromatic rings. The molecule has 1 rings (SSSR count). The maximum Gasteiger partial charge on any atom is 0.236 e. The first-order chi connectivity index (χ1) is 7.22. The molecule has 1 heterocycles. The summed E-state index contributed by atoms with van der Waals surface area (Å²) in [6.07, 6.45) is 7.25. The van der Waals surface area contributed by atoms with E-state index >= 15 is 0 Å². The molecule has 0 aromatic carbocycles. The quantitative estimate of drug-likeness (QED) is 0.423. The topological polar surface area (TPSA) is 61.0 Å². The minimum atomic E-state index is -0.493. The lowest BCUT2D eigenvalue weighted by molar-refractivity contribution is -0.401. The van der Waals surface area contributed by atoms with E-state index in [1.165, 1.54) is 6.08 Å². The average Bonchev–Trinajstić information content (AvgIpc) is 2.63. The molecule has 0 bridgehead atoms. The largest absolute Gasteiger partial charge is 0.272 e. The van der Waals surface area contributed by atoms with Gasteiger partial charge in [-0.3, -0.25) is 14.8 Å². The molecular formula is C9H13N3O2S. The SMILES string of the molecule is CSCCCn1ccc(/C=C/[N+](=O)[O-])n1. The first-order valence-corrected chi connectivity index (χ1v) is 5.96. The van der Waals surface area contributed by atoms with Crippen LogP contribution in [0.1, 0.15) is 12.1 Å². The van der Waals surface area contributed by atoms with Gasteiger partial charge in [-0.1, -0.05) is 0 Å². The summed E-state index contributed by atoms with van der Waals surface area (Å²) in [5.41, 5.74) is 0.621. The number of nitro groups is 1. The zero-order chi connectivity index (χ0) is 11.1. The maximum absolute atomic E-state index is 10.1. The molecule has 0 spiro atoms. The normalized spacial score (nSPS) is 11.0. The number of rotatable bonds is 6. The summed E-state index contributed by atoms with van der Waals surface area (Å²) in [6, 6.07) is 1.76. The smallest absolute Gasteiger partial charge is 0.236 e. The molecular weight excluding hydrogens is 214 g/mol. The highest BCUT2D eigenvalue weighted by atomic mass is 32.2. The summed E-state index contributed by atoms with van der Waals surface area (Å²) in [4.78, 5) is 9.58. The summed E-state index contributed by atoms with van der Waals surface area (Å²) in [7, 11) is 0. The molecule has 0 N–H and O–H groups in total. The van der Waals surface area contributed by atoms with Crippen LogP contribution in [-0.4, -0.2) is 26.7 Å². The van der Waals surface area contributed by atoms with Crippen molar-refractivity contribution in [1.29, 1.82) is 0 Å². The van der Waals surface area contributed by atoms with Gasteiger partial charge in [0.05, 0.1) is 10.6 Å². The minimum absolute atomic E-state index is 0.493. The van der Waals surface area contributed by atoms with Crippen molar-refractivity contribution in [2.75, 3.05) is 12.0 Å². The van der Waals surface area contributed by atoms with Crippen LogP contribution in [-0.2, 0) is 6.54 Å². The van der Waals surface area contributed by atoms with Gasteiger partial charge in [-0.25, -0.2) is 0 Å². The second-order valence-electron chi connectivity index (χ2n) is 2.95. The Kier molecular flexibility index (Phi) is 4.89. The van der Waals surface area contributed by atoms with Gasteiger partial charge in [0.15, 0.2) is 0 Å². The van der Waals surface area contributed by atoms with E-state index in [0.717, 1.165) is 24.9 Å². The van der Waals surface area contributed by atoms with Crippen molar-refractivity contribution in [3.8, 4) is 0 Å². The van der Waals surface area contributed by atoms with E-state index in [4.69, 9.17) is 0 Å². The van der Waals surface area contributed by atoms with E-state index in [-0.39, 0.29) is 0 Å². The number of nitrogens with zero attached hydrogens (tertiary/aromatic N) is 3. The van der Waals surface area contributed by atoms with Crippen LogP contribution in [0.15, 0.2) is 18.5 Å². The summed E-state index contributed by atoms with van der Waals surface area (Å²) < 4.78 is 1.80. The second-order valence-corrected chi connectivity index (χ2v) is 3.94. The van der Waals surface area contributed by atoms with E-state index in [2.05, 4.69) is 11.4 Å². The van der Waals surface area contributed by atoms with Gasteiger partial charge in [0.1, 0.15) is 0 Å². The van der Waals surface area contributed by atoms with Crippen LogP contribution in [0, 0.1) is 10.1 Å². The third kappa shape index (κ3) is 4.64. The Morgan fingerprint density at radius 2 is 2.53 bits per heavy atom. The van der Waals surface area contributed by atoms with Gasteiger partial charge in [0.2, 0.25) is 6.20 Å². The number of aryl methyl sites for hydroxylation is 1. The van der Waals surface area contributed by atoms with Gasteiger partial charge in [0.25, 0.3) is 0 Å². The summed E-state index contributed by atoms with van der Waals surface area (Å²) >= 11 is 1.80. The Morgan fingerprint density at radius 3 is 3.20 bits per heavy atom. The lowest BCUT2D eigenvalue weighted by Gasteiger charge is -1.98. The predicted octanol–water partition coefficient (Wildman–Crippen LogP) is 1.88. The van der Waals surface area contributed by atoms with Crippen molar-refractivity contribution >= 4 is 17.8 Å². The first-order valence-electron chi connectivity index (χ1n) is 4.56. The fourth-order valence-corrected chi connectivity index (χ4v) is 1.52. The highest BCUT2D eigenvalue weighted by Gasteiger charge is 1.96. The van der Waals surface area contributed by atoms with Crippen molar-refractivity contribution in [2.24, 2.45) is 0 Å². The molecule has 6 heteroatoms. The van der Waals surface area contributed by atoms with Gasteiger partial charge in [0, 0.05) is 18.8 Å². The molecule has 0 aliphatic rings. The monoisotopic (exact) mass is 227 g/mol. The van der Waals surface area contributed by atoms with E-state index in [0.29, 0.717) is 5.69 Å². The molecule has 0 saturated heterocycles. The standard InChI is InChI=1S/C9H13N3O2S/c1-15-8-2-5-11-6-3-9(10-11)4-7-12(13)14/h3-4,6-7H,2,5,8H2,1H3/b7-4+. The molecule has 0 unspecified atom stereocenters. The fourth-order valence-electron chi connectivity index (χ4n) is 1.10. The fraction of sp³-hybridized carbons (Fsp3) is 0.444. The van der Waals surface area contributed by atoms with Gasteiger partial charge in [-0.15, -0.1) is 0 Å². The van der Waals surface area contributed by atoms with Crippen LogP contribution < -0.4 is 0 Å². The van der Waals surface area contributed by atoms with E-state index in [9.17, 15) is 10.1 Å². The van der Waals surface area contributed by atoms with Crippen LogP contribution in [0.4, 0.5) is 0 Å². The summed E-state index contributed by atoms with van der Waals surface area (Å²) in [5.74, 6) is 1.10. The number of aromatic nitrogens is 2. The third-order valence-electron chi connectivity index (χ3n) is 1.76. The van der Waals surface area contributed by atoms with E-state index in [1.54, 1.807) is 22.5 Å². The number of hydrogen-bond acceptors (Lipinski definition) is 4. The Bertz CT molecular complexity index is 349. The molecule has 0 radical (unpaired) electrons. The highest BCUT2D eigenvalue weighted by Crippen LogP contribution is 2.02. The zero-order valence-corrected chi connectivity index (χ0v) is 9.31. The molecule has 1 aromatic heterocycles. The van der Waals surface area contributed by atoms with Gasteiger partial charge in [-0.05, 0) is 24.5 Å². The molecule has 82 valence electrons. The number of hydrogen-bond donors (Lipinski definition) is 0. The molecule has 5 nitrogen and oxygen atoms in total. The first kappa shape index (κ1) is 11.8. The Balaban J connectivity index is 2.45. The molecule has 0 aliphatic heterocycles. The molecule has 0 aliphatic carbocycles. The summed E-state index contributed by atoms with van der Waals surface area (Å²) in [5, 5.41) is 14.2. The average molecular weight is 227 g/mol. The molecule has 0 saturated carbocycles. The molecule has 0 amide bonds. The number of thioether (sulfide) groups is 1. The highest BCUT2D eigenvalue weighted by molar-refractivity contribution is 7.98. The van der Waals surface area contributed by atoms with Crippen molar-refractivity contribution in [1.82, 2.24) is 9.78 Å². The van der Waals surface area contributed by atoms with Crippen LogP contribution >= 0.6 is 11.8 Å². The maximum atomic E-state index is 10.1. The van der Waals surface area contributed by atoms with Crippen LogP contribution in [0.5, 0.6) is 0 Å². The van der Waals surface area contributed by atoms with Gasteiger partial charge in [-0.2, -0.15) is 16.9 Å². The van der Waals surface area contributed by atoms with Crippen molar-refractivity contribution in [3.63, 3.8) is 0 Å². The van der Waals surface area contributed by atoms with Crippen molar-refractivity contribution in [2.45, 2.75) is 13.0 Å². The Labute approximate surface area is 92.3 Å². The van der Waals surface area contributed by atoms with Crippen molar-refractivity contribution < 1.29 is 4.92 Å². The van der Waals surface area contributed by atoms with Crippen LogP contribution in [0.25, 0.3) is 6.08 Å². The van der Waals surface area contributed by atoms with Gasteiger partial charge >= 0.3 is 0 Å². The Morgan fingerprint density at radius 1 is 1.73 bits per heavy atom. The Hall–Kier alpha value is -1.30. The third-order valence-corrected chi connectivity index (χ3v) is 2.46. The lowest BCUT2D eigenvalue weighted by atomic mass is 10.4. The van der Waals surface area contributed by atoms with Crippen LogP contribution in [0.3, 0.4) is 0 Å². The minimum Gasteiger partial charge on any atom is -0.272 e. The predicted molar refractivity (Wildman–Crippen MR) is 61.3 cm³/mol. The lowest BCUT2D eigenvalue weighted by Crippen LogP contribution is -1.99. The second kappa shape index (κ2) is 6.23. The zero-order valence-electron chi connectivity index (χ0n) is 8.50. The van der Waals surface area contributed by atoms with Crippen molar-refractivity contribution in [3.05, 3.63) is 34.3 Å². The van der Waals surface area contributed by atoms with Crippen LogP contribution in [0.2, 0.25) is 0 Å². The van der Waals surface area contributed by atoms with E-state index in [1.807, 2.05) is 6.20 Å².